The number of aliphatic hydroxyl groups is 6. The smallest absolute Gasteiger partial charge is 0.408 e. The minimum absolute atomic E-state index is 0.0155. The van der Waals surface area contributed by atoms with Gasteiger partial charge in [-0.2, -0.15) is 0 Å². The van der Waals surface area contributed by atoms with Gasteiger partial charge in [-0.3, -0.25) is 10.1 Å². The quantitative estimate of drug-likeness (QED) is 0.0578. The average Bonchev–Trinajstić information content (AvgIpc) is 0.881. The summed E-state index contributed by atoms with van der Waals surface area (Å²) in [4.78, 5) is 35.6. The fourth-order valence-corrected chi connectivity index (χ4v) is 13.4. The lowest BCUT2D eigenvalue weighted by Gasteiger charge is -2.49. The molecule has 22 atom stereocenters. The van der Waals surface area contributed by atoms with Crippen molar-refractivity contribution in [2.75, 3.05) is 54.5 Å². The minimum Gasteiger partial charge on any atom is -0.466 e. The first-order valence-electron chi connectivity index (χ1n) is 30.3. The zero-order valence-corrected chi connectivity index (χ0v) is 54.6. The molecule has 2 aliphatic carbocycles. The molecule has 1 aromatic carbocycles. The average molecular weight is 1310 g/mol. The third-order valence-electron chi connectivity index (χ3n) is 16.2. The summed E-state index contributed by atoms with van der Waals surface area (Å²) in [5, 5.41) is 95.7. The van der Waals surface area contributed by atoms with Crippen LogP contribution in [-0.4, -0.2) is 243 Å². The highest BCUT2D eigenvalue weighted by molar-refractivity contribution is 7.89. The third kappa shape index (κ3) is 19.3. The fourth-order valence-electron chi connectivity index (χ4n) is 11.9. The maximum atomic E-state index is 13.7. The number of nitrogens with two attached hydrogens (primary N) is 1. The third-order valence-corrected chi connectivity index (χ3v) is 17.7. The van der Waals surface area contributed by atoms with Crippen molar-refractivity contribution in [3.05, 3.63) is 58.1 Å². The molecule has 0 radical (unpaired) electrons. The van der Waals surface area contributed by atoms with E-state index in [1.165, 1.54) is 26.1 Å². The molecule has 2 amide bonds. The van der Waals surface area contributed by atoms with Crippen molar-refractivity contribution in [3.63, 3.8) is 0 Å². The minimum atomic E-state index is -4.58. The highest BCUT2D eigenvalue weighted by Crippen LogP contribution is 2.38. The Hall–Kier alpha value is -4.53. The summed E-state index contributed by atoms with van der Waals surface area (Å²) in [5.41, 5.74) is 1.47. The van der Waals surface area contributed by atoms with Crippen molar-refractivity contribution >= 4 is 27.9 Å². The second-order valence-corrected chi connectivity index (χ2v) is 28.0. The molecule has 7 rings (SSSR count). The number of likely N-dealkylation sites (N-methyl/N-ethyl adjacent to an activating group) is 4. The van der Waals surface area contributed by atoms with Crippen LogP contribution in [0.5, 0.6) is 0 Å². The lowest BCUT2D eigenvalue weighted by atomic mass is 9.80. The van der Waals surface area contributed by atoms with Gasteiger partial charge in [0, 0.05) is 12.1 Å². The second kappa shape index (κ2) is 31.1. The number of nitrogens with one attached hydrogen (secondary N) is 7. The number of nitro groups is 1. The van der Waals surface area contributed by atoms with E-state index in [-0.39, 0.29) is 25.6 Å². The molecule has 90 heavy (non-hydrogen) atoms. The second-order valence-electron chi connectivity index (χ2n) is 26.4. The van der Waals surface area contributed by atoms with Gasteiger partial charge in [0.15, 0.2) is 17.5 Å². The Morgan fingerprint density at radius 1 is 0.656 bits per heavy atom. The van der Waals surface area contributed by atoms with Gasteiger partial charge in [-0.05, 0) is 139 Å². The monoisotopic (exact) mass is 1310 g/mol. The first-order valence-corrected chi connectivity index (χ1v) is 31.8. The Labute approximate surface area is 526 Å². The summed E-state index contributed by atoms with van der Waals surface area (Å²) < 4.78 is 89.1. The van der Waals surface area contributed by atoms with E-state index in [9.17, 15) is 58.8 Å². The van der Waals surface area contributed by atoms with Crippen LogP contribution in [0.15, 0.2) is 52.8 Å². The van der Waals surface area contributed by atoms with Gasteiger partial charge in [-0.25, -0.2) is 22.7 Å². The van der Waals surface area contributed by atoms with E-state index in [1.54, 1.807) is 82.6 Å². The molecule has 1 aromatic rings. The standard InChI is InChI=1S/C32H51N5O13S.C26H48N4O9/c1-17-14-20(36-51(44,45)22-11-9-8-10-21(22)37(42)43)26(49-29-24(39)27(34-7)32(5,41)16-46-29)23(38)25(17)48-28-19(13-12-18(47-28)15-33-6)35-30(40)50-31(2,3)4;1-13-10-15(27)20(38-23-18(32)21(29-7)26(5,34)12-35-23)17(31)19(13)37-22-16(9-8-14(36-22)11-28-6)30-24(33)39-25(2,3)4/h8-12,17,19-20,23-29,33-34,36,38-39,41H,13-16H2,1-7H3,(H,35,40);8,13,15-23,28-29,31-32,34H,9-12,27H2,1-7H3,(H,30,33)/t17-,19+,20+,23-,24+,25+,26-,27+,28+,29+,32-;13-,15+,16+,17-,18+,19+,20-,21+,22+,23+,26-/m00/s1. The van der Waals surface area contributed by atoms with E-state index in [0.29, 0.717) is 43.9 Å². The molecule has 0 unspecified atom stereocenters. The number of carbonyl (C=O) groups is 2. The van der Waals surface area contributed by atoms with Crippen molar-refractivity contribution in [1.29, 1.82) is 0 Å². The molecule has 0 aromatic heterocycles. The number of carbonyl (C=O) groups excluding carboxylic acids is 2. The Morgan fingerprint density at radius 2 is 1.07 bits per heavy atom. The number of nitrogens with zero attached hydrogens (tertiary/aromatic N) is 1. The SMILES string of the molecule is CNCC1=CC[C@@H](NC(=O)OC(C)(C)C)[C@@H](O[C@H]2[C@H](O)[C@@H](O[C@H]3OC[C@](C)(O)[C@H](NC)[C@H]3O)[C@H](N)C[C@@H]2C)O1.CNCC1=CC[C@@H](NC(=O)OC(C)(C)C)[C@@H](O[C@H]2[C@H](O)[C@@H](O[C@H]3OC[C@](C)(O)[C@H](NC)[C@H]3O)[C@H](NS(=O)(=O)c3ccccc3[N+](=O)[O-])C[C@@H]2C)O1. The van der Waals surface area contributed by atoms with Crippen molar-refractivity contribution in [3.8, 4) is 0 Å². The van der Waals surface area contributed by atoms with Crippen LogP contribution in [0, 0.1) is 22.0 Å². The zero-order valence-electron chi connectivity index (χ0n) is 53.8. The number of nitro benzene ring substituents is 1. The summed E-state index contributed by atoms with van der Waals surface area (Å²) in [6, 6.07) is 0.0737. The van der Waals surface area contributed by atoms with E-state index >= 15 is 0 Å². The number of hydrogen-bond acceptors (Lipinski definition) is 27. The molecule has 0 bridgehead atoms. The van der Waals surface area contributed by atoms with Gasteiger partial charge in [0.05, 0.1) is 73.6 Å². The maximum Gasteiger partial charge on any atom is 0.408 e. The van der Waals surface area contributed by atoms with Gasteiger partial charge >= 0.3 is 12.2 Å². The predicted molar refractivity (Wildman–Crippen MR) is 322 cm³/mol. The van der Waals surface area contributed by atoms with E-state index in [0.717, 1.165) is 12.1 Å². The molecule has 15 N–H and O–H groups in total. The lowest BCUT2D eigenvalue weighted by molar-refractivity contribution is -0.387. The lowest BCUT2D eigenvalue weighted by Crippen LogP contribution is -2.68. The van der Waals surface area contributed by atoms with Crippen molar-refractivity contribution < 1.29 is 101 Å². The number of para-hydroxylation sites is 1. The molecule has 514 valence electrons. The van der Waals surface area contributed by atoms with Crippen LogP contribution in [0.2, 0.25) is 0 Å². The van der Waals surface area contributed by atoms with Crippen LogP contribution in [-0.2, 0) is 57.4 Å². The number of hydrogen-bond donors (Lipinski definition) is 14. The molecule has 2 saturated heterocycles. The van der Waals surface area contributed by atoms with E-state index in [2.05, 4.69) is 36.6 Å². The number of benzene rings is 1. The normalized spacial score (nSPS) is 37.5. The van der Waals surface area contributed by atoms with Gasteiger partial charge in [-0.15, -0.1) is 0 Å². The molecular formula is C58H99N9O22S. The van der Waals surface area contributed by atoms with Crippen molar-refractivity contribution in [2.24, 2.45) is 17.6 Å². The van der Waals surface area contributed by atoms with E-state index in [1.807, 2.05) is 13.0 Å². The van der Waals surface area contributed by atoms with Gasteiger partial charge in [0.2, 0.25) is 22.6 Å². The van der Waals surface area contributed by atoms with Crippen molar-refractivity contribution in [1.82, 2.24) is 36.6 Å². The number of amides is 2. The number of sulfonamides is 1. The highest BCUT2D eigenvalue weighted by atomic mass is 32.2. The molecule has 2 saturated carbocycles. The molecular weight excluding hydrogens is 1210 g/mol. The van der Waals surface area contributed by atoms with Crippen molar-refractivity contribution in [2.45, 2.75) is 232 Å². The molecule has 0 spiro atoms. The van der Waals surface area contributed by atoms with Gasteiger partial charge < -0.3 is 116 Å². The summed E-state index contributed by atoms with van der Waals surface area (Å²) >= 11 is 0. The van der Waals surface area contributed by atoms with Crippen LogP contribution in [0.3, 0.4) is 0 Å². The van der Waals surface area contributed by atoms with Gasteiger partial charge in [0.25, 0.3) is 5.69 Å². The first-order chi connectivity index (χ1) is 41.9. The first kappa shape index (κ1) is 74.5. The van der Waals surface area contributed by atoms with Crippen LogP contribution < -0.4 is 42.4 Å². The van der Waals surface area contributed by atoms with Crippen LogP contribution >= 0.6 is 0 Å². The zero-order chi connectivity index (χ0) is 67.0. The largest absolute Gasteiger partial charge is 0.466 e. The Balaban J connectivity index is 0.000000297. The molecule has 6 aliphatic rings. The topological polar surface area (TPSA) is 435 Å². The fraction of sp³-hybridized carbons (Fsp3) is 0.793. The van der Waals surface area contributed by atoms with Crippen LogP contribution in [0.1, 0.15) is 94.9 Å². The number of rotatable bonds is 20. The van der Waals surface area contributed by atoms with E-state index in [4.69, 9.17) is 53.1 Å². The van der Waals surface area contributed by atoms with Gasteiger partial charge in [0.1, 0.15) is 70.5 Å². The number of aliphatic hydroxyl groups excluding tert-OH is 4. The molecule has 4 aliphatic heterocycles. The van der Waals surface area contributed by atoms with Gasteiger partial charge in [-0.1, -0.05) is 26.0 Å². The molecule has 32 heteroatoms. The molecule has 4 fully saturated rings. The maximum absolute atomic E-state index is 13.7. The Bertz CT molecular complexity index is 2720. The Morgan fingerprint density at radius 3 is 1.49 bits per heavy atom. The summed E-state index contributed by atoms with van der Waals surface area (Å²) in [6.07, 6.45) is -10.8. The Kier molecular flexibility index (Phi) is 25.8. The summed E-state index contributed by atoms with van der Waals surface area (Å²) in [5.74, 6) is 0.401. The molecule has 4 heterocycles. The number of alkyl carbamates (subject to hydrolysis) is 2. The predicted octanol–water partition coefficient (Wildman–Crippen LogP) is -0.504. The highest BCUT2D eigenvalue weighted by Gasteiger charge is 2.54. The van der Waals surface area contributed by atoms with Crippen LogP contribution in [0.25, 0.3) is 0 Å². The number of ether oxygens (including phenoxy) is 10. The summed E-state index contributed by atoms with van der Waals surface area (Å²) in [6.45, 7) is 17.6. The van der Waals surface area contributed by atoms with Crippen LogP contribution in [0.4, 0.5) is 15.3 Å². The summed E-state index contributed by atoms with van der Waals surface area (Å²) in [7, 11) is 2.09. The molecule has 31 nitrogen and oxygen atoms in total. The van der Waals surface area contributed by atoms with E-state index < -0.39 is 176 Å².